The molecule has 0 aromatic carbocycles. The zero-order valence-corrected chi connectivity index (χ0v) is 11.1. The van der Waals surface area contributed by atoms with Crippen LogP contribution < -0.4 is 0 Å². The minimum absolute atomic E-state index is 0.259. The largest absolute Gasteiger partial charge is 0.480 e. The summed E-state index contributed by atoms with van der Waals surface area (Å²) in [6.45, 7) is 2.27. The summed E-state index contributed by atoms with van der Waals surface area (Å²) >= 11 is 1.56. The summed E-state index contributed by atoms with van der Waals surface area (Å²) in [7, 11) is 1.69. The molecule has 0 bridgehead atoms. The first-order chi connectivity index (χ1) is 8.50. The first-order valence-corrected chi connectivity index (χ1v) is 6.78. The molecule has 1 fully saturated rings. The minimum Gasteiger partial charge on any atom is -0.480 e. The highest BCUT2D eigenvalue weighted by Crippen LogP contribution is 2.19. The van der Waals surface area contributed by atoms with Gasteiger partial charge in [0.1, 0.15) is 11.7 Å². The molecule has 0 spiro atoms. The quantitative estimate of drug-likeness (QED) is 0.839. The van der Waals surface area contributed by atoms with Crippen LogP contribution in [0.15, 0.2) is 6.07 Å². The van der Waals surface area contributed by atoms with Crippen LogP contribution >= 0.6 is 11.8 Å². The molecule has 0 saturated carbocycles. The minimum atomic E-state index is -0.950. The molecule has 1 amide bonds. The van der Waals surface area contributed by atoms with Gasteiger partial charge >= 0.3 is 5.97 Å². The Labute approximate surface area is 109 Å². The van der Waals surface area contributed by atoms with Crippen molar-refractivity contribution in [2.75, 3.05) is 18.1 Å². The van der Waals surface area contributed by atoms with Crippen molar-refractivity contribution < 1.29 is 14.7 Å². The van der Waals surface area contributed by atoms with E-state index < -0.39 is 12.0 Å². The average Bonchev–Trinajstić information content (AvgIpc) is 2.67. The molecule has 2 rings (SSSR count). The number of nitrogens with zero attached hydrogens (tertiary/aromatic N) is 3. The molecule has 7 heteroatoms. The normalized spacial score (nSPS) is 19.9. The van der Waals surface area contributed by atoms with E-state index in [-0.39, 0.29) is 5.91 Å². The van der Waals surface area contributed by atoms with Crippen molar-refractivity contribution >= 4 is 23.6 Å². The van der Waals surface area contributed by atoms with E-state index >= 15 is 0 Å². The van der Waals surface area contributed by atoms with Crippen LogP contribution in [0.25, 0.3) is 0 Å². The molecule has 1 unspecified atom stereocenters. The first kappa shape index (κ1) is 12.9. The molecular weight excluding hydrogens is 254 g/mol. The van der Waals surface area contributed by atoms with Gasteiger partial charge in [0, 0.05) is 25.1 Å². The molecule has 6 nitrogen and oxygen atoms in total. The van der Waals surface area contributed by atoms with Gasteiger partial charge in [0.05, 0.1) is 5.69 Å². The van der Waals surface area contributed by atoms with Crippen LogP contribution in [0.4, 0.5) is 0 Å². The molecule has 98 valence electrons. The molecule has 1 N–H and O–H groups in total. The number of thioether (sulfide) groups is 1. The van der Waals surface area contributed by atoms with Crippen molar-refractivity contribution in [3.63, 3.8) is 0 Å². The Morgan fingerprint density at radius 2 is 2.28 bits per heavy atom. The van der Waals surface area contributed by atoms with E-state index in [0.717, 1.165) is 11.4 Å². The van der Waals surface area contributed by atoms with Gasteiger partial charge in [-0.25, -0.2) is 4.79 Å². The summed E-state index contributed by atoms with van der Waals surface area (Å²) in [6, 6.07) is 0.940. The molecule has 1 aromatic rings. The fourth-order valence-electron chi connectivity index (χ4n) is 2.01. The summed E-state index contributed by atoms with van der Waals surface area (Å²) in [4.78, 5) is 24.9. The average molecular weight is 269 g/mol. The van der Waals surface area contributed by atoms with E-state index in [4.69, 9.17) is 5.11 Å². The molecule has 1 aliphatic rings. The molecule has 2 heterocycles. The van der Waals surface area contributed by atoms with Crippen LogP contribution in [-0.2, 0) is 11.8 Å². The van der Waals surface area contributed by atoms with Crippen molar-refractivity contribution in [3.05, 3.63) is 17.5 Å². The maximum absolute atomic E-state index is 12.3. The Morgan fingerprint density at radius 1 is 1.56 bits per heavy atom. The van der Waals surface area contributed by atoms with Crippen LogP contribution in [-0.4, -0.2) is 55.8 Å². The highest BCUT2D eigenvalue weighted by Gasteiger charge is 2.33. The van der Waals surface area contributed by atoms with E-state index in [0.29, 0.717) is 18.0 Å². The van der Waals surface area contributed by atoms with Crippen LogP contribution in [0.1, 0.15) is 16.2 Å². The summed E-state index contributed by atoms with van der Waals surface area (Å²) in [5, 5.41) is 13.3. The number of hydrogen-bond donors (Lipinski definition) is 1. The number of carbonyl (C=O) groups excluding carboxylic acids is 1. The number of aryl methyl sites for hydroxylation is 2. The van der Waals surface area contributed by atoms with Crippen molar-refractivity contribution in [3.8, 4) is 0 Å². The van der Waals surface area contributed by atoms with E-state index in [1.807, 2.05) is 0 Å². The van der Waals surface area contributed by atoms with Gasteiger partial charge in [-0.2, -0.15) is 16.9 Å². The Kier molecular flexibility index (Phi) is 3.60. The van der Waals surface area contributed by atoms with Gasteiger partial charge in [0.2, 0.25) is 0 Å². The Bertz CT molecular complexity index is 486. The zero-order chi connectivity index (χ0) is 13.3. The van der Waals surface area contributed by atoms with E-state index in [1.54, 1.807) is 31.8 Å². The van der Waals surface area contributed by atoms with Gasteiger partial charge in [0.15, 0.2) is 0 Å². The Balaban J connectivity index is 2.26. The second-order valence-corrected chi connectivity index (χ2v) is 5.37. The molecule has 0 aliphatic carbocycles. The molecule has 1 saturated heterocycles. The highest BCUT2D eigenvalue weighted by atomic mass is 32.2. The smallest absolute Gasteiger partial charge is 0.327 e. The number of hydrogen-bond acceptors (Lipinski definition) is 4. The van der Waals surface area contributed by atoms with Gasteiger partial charge in [-0.1, -0.05) is 0 Å². The number of carboxylic acid groups (broad SMARTS) is 1. The number of aliphatic carboxylic acids is 1. The van der Waals surface area contributed by atoms with Crippen LogP contribution in [0.5, 0.6) is 0 Å². The van der Waals surface area contributed by atoms with Gasteiger partial charge in [0.25, 0.3) is 5.91 Å². The Hall–Kier alpha value is -1.50. The van der Waals surface area contributed by atoms with E-state index in [2.05, 4.69) is 5.10 Å². The van der Waals surface area contributed by atoms with E-state index in [1.165, 1.54) is 9.58 Å². The number of carboxylic acids is 1. The topological polar surface area (TPSA) is 75.4 Å². The van der Waals surface area contributed by atoms with Gasteiger partial charge in [-0.3, -0.25) is 9.48 Å². The molecule has 1 aliphatic heterocycles. The number of aromatic nitrogens is 2. The lowest BCUT2D eigenvalue weighted by Crippen LogP contribution is -2.50. The predicted octanol–water partition coefficient (Wildman–Crippen LogP) is 0.371. The van der Waals surface area contributed by atoms with Gasteiger partial charge in [-0.15, -0.1) is 0 Å². The van der Waals surface area contributed by atoms with E-state index in [9.17, 15) is 9.59 Å². The van der Waals surface area contributed by atoms with Crippen molar-refractivity contribution in [1.82, 2.24) is 14.7 Å². The number of carbonyl (C=O) groups is 2. The lowest BCUT2D eigenvalue weighted by Gasteiger charge is -2.32. The first-order valence-electron chi connectivity index (χ1n) is 5.63. The maximum Gasteiger partial charge on any atom is 0.327 e. The summed E-state index contributed by atoms with van der Waals surface area (Å²) in [5.41, 5.74) is 1.18. The SMILES string of the molecule is Cc1cc(C(=O)N2CCSCC2C(=O)O)n(C)n1. The predicted molar refractivity (Wildman–Crippen MR) is 67.7 cm³/mol. The zero-order valence-electron chi connectivity index (χ0n) is 10.3. The number of rotatable bonds is 2. The molecule has 18 heavy (non-hydrogen) atoms. The van der Waals surface area contributed by atoms with Crippen LogP contribution in [0, 0.1) is 6.92 Å². The standard InChI is InChI=1S/C11H15N3O3S/c1-7-5-8(13(2)12-7)10(15)14-3-4-18-6-9(14)11(16)17/h5,9H,3-4,6H2,1-2H3,(H,16,17). The Morgan fingerprint density at radius 3 is 2.83 bits per heavy atom. The molecular formula is C11H15N3O3S. The fourth-order valence-corrected chi connectivity index (χ4v) is 3.05. The summed E-state index contributed by atoms with van der Waals surface area (Å²) in [5.74, 6) is 0.00445. The third-order valence-corrected chi connectivity index (χ3v) is 3.92. The summed E-state index contributed by atoms with van der Waals surface area (Å²) < 4.78 is 1.50. The van der Waals surface area contributed by atoms with Gasteiger partial charge < -0.3 is 10.0 Å². The lowest BCUT2D eigenvalue weighted by atomic mass is 10.2. The van der Waals surface area contributed by atoms with Gasteiger partial charge in [-0.05, 0) is 13.0 Å². The van der Waals surface area contributed by atoms with Crippen LogP contribution in [0.3, 0.4) is 0 Å². The third kappa shape index (κ3) is 2.35. The second kappa shape index (κ2) is 5.01. The fraction of sp³-hybridized carbons (Fsp3) is 0.545. The van der Waals surface area contributed by atoms with Crippen molar-refractivity contribution in [2.24, 2.45) is 7.05 Å². The van der Waals surface area contributed by atoms with Crippen molar-refractivity contribution in [2.45, 2.75) is 13.0 Å². The molecule has 1 atom stereocenters. The number of amides is 1. The van der Waals surface area contributed by atoms with Crippen molar-refractivity contribution in [1.29, 1.82) is 0 Å². The third-order valence-electron chi connectivity index (χ3n) is 2.90. The maximum atomic E-state index is 12.3. The lowest BCUT2D eigenvalue weighted by molar-refractivity contribution is -0.141. The summed E-state index contributed by atoms with van der Waals surface area (Å²) in [6.07, 6.45) is 0. The second-order valence-electron chi connectivity index (χ2n) is 4.22. The monoisotopic (exact) mass is 269 g/mol. The highest BCUT2D eigenvalue weighted by molar-refractivity contribution is 7.99. The molecule has 0 radical (unpaired) electrons. The van der Waals surface area contributed by atoms with Crippen LogP contribution in [0.2, 0.25) is 0 Å². The molecule has 1 aromatic heterocycles.